The SMILES string of the molecule is Cc1ccccc1O.NC[C@]1(O)COc2ccccc2C1. The third-order valence-electron chi connectivity index (χ3n) is 3.48. The molecule has 0 amide bonds. The molecule has 0 radical (unpaired) electrons. The van der Waals surface area contributed by atoms with E-state index in [9.17, 15) is 5.11 Å². The van der Waals surface area contributed by atoms with Crippen molar-refractivity contribution in [1.29, 1.82) is 0 Å². The Balaban J connectivity index is 0.000000173. The number of hydrogen-bond donors (Lipinski definition) is 3. The molecule has 0 saturated carbocycles. The van der Waals surface area contributed by atoms with Gasteiger partial charge in [-0.1, -0.05) is 36.4 Å². The van der Waals surface area contributed by atoms with Gasteiger partial charge in [0.2, 0.25) is 0 Å². The highest BCUT2D eigenvalue weighted by atomic mass is 16.5. The third kappa shape index (κ3) is 3.97. The third-order valence-corrected chi connectivity index (χ3v) is 3.48. The molecule has 112 valence electrons. The minimum Gasteiger partial charge on any atom is -0.508 e. The molecule has 2 aromatic carbocycles. The fraction of sp³-hybridized carbons (Fsp3) is 0.294. The molecule has 4 nitrogen and oxygen atoms in total. The van der Waals surface area contributed by atoms with E-state index >= 15 is 0 Å². The van der Waals surface area contributed by atoms with Crippen LogP contribution in [0.2, 0.25) is 0 Å². The number of aliphatic hydroxyl groups is 1. The van der Waals surface area contributed by atoms with Gasteiger partial charge in [0.1, 0.15) is 23.7 Å². The number of aromatic hydroxyl groups is 1. The van der Waals surface area contributed by atoms with Crippen molar-refractivity contribution in [3.05, 3.63) is 59.7 Å². The summed E-state index contributed by atoms with van der Waals surface area (Å²) in [6.45, 7) is 2.40. The van der Waals surface area contributed by atoms with Gasteiger partial charge >= 0.3 is 0 Å². The van der Waals surface area contributed by atoms with Crippen molar-refractivity contribution in [1.82, 2.24) is 0 Å². The Hall–Kier alpha value is -2.04. The van der Waals surface area contributed by atoms with Crippen LogP contribution in [0.4, 0.5) is 0 Å². The van der Waals surface area contributed by atoms with E-state index in [0.29, 0.717) is 18.8 Å². The first kappa shape index (κ1) is 15.4. The van der Waals surface area contributed by atoms with Crippen LogP contribution in [0.5, 0.6) is 11.5 Å². The van der Waals surface area contributed by atoms with E-state index in [1.165, 1.54) is 0 Å². The predicted octanol–water partition coefficient (Wildman–Crippen LogP) is 2.01. The fourth-order valence-corrected chi connectivity index (χ4v) is 2.10. The first-order valence-corrected chi connectivity index (χ1v) is 6.92. The van der Waals surface area contributed by atoms with E-state index in [1.807, 2.05) is 49.4 Å². The van der Waals surface area contributed by atoms with Crippen LogP contribution in [-0.2, 0) is 6.42 Å². The first-order chi connectivity index (χ1) is 10.0. The monoisotopic (exact) mass is 287 g/mol. The lowest BCUT2D eigenvalue weighted by Crippen LogP contribution is -2.47. The minimum atomic E-state index is -0.881. The van der Waals surface area contributed by atoms with Crippen LogP contribution in [0.15, 0.2) is 48.5 Å². The van der Waals surface area contributed by atoms with Crippen molar-refractivity contribution < 1.29 is 14.9 Å². The van der Waals surface area contributed by atoms with Crippen molar-refractivity contribution in [3.63, 3.8) is 0 Å². The van der Waals surface area contributed by atoms with Gasteiger partial charge in [0.25, 0.3) is 0 Å². The number of aryl methyl sites for hydroxylation is 1. The maximum Gasteiger partial charge on any atom is 0.122 e. The van der Waals surface area contributed by atoms with Gasteiger partial charge in [-0.15, -0.1) is 0 Å². The summed E-state index contributed by atoms with van der Waals surface area (Å²) < 4.78 is 5.40. The zero-order valence-corrected chi connectivity index (χ0v) is 12.1. The van der Waals surface area contributed by atoms with Crippen LogP contribution in [0.1, 0.15) is 11.1 Å². The molecule has 4 N–H and O–H groups in total. The second-order valence-electron chi connectivity index (χ2n) is 5.29. The van der Waals surface area contributed by atoms with Crippen molar-refractivity contribution in [2.24, 2.45) is 5.73 Å². The second-order valence-corrected chi connectivity index (χ2v) is 5.29. The van der Waals surface area contributed by atoms with E-state index < -0.39 is 5.60 Å². The van der Waals surface area contributed by atoms with Gasteiger partial charge in [-0.25, -0.2) is 0 Å². The van der Waals surface area contributed by atoms with E-state index in [-0.39, 0.29) is 6.54 Å². The highest BCUT2D eigenvalue weighted by molar-refractivity contribution is 5.36. The molecule has 1 heterocycles. The maximum atomic E-state index is 9.88. The van der Waals surface area contributed by atoms with Crippen LogP contribution >= 0.6 is 0 Å². The van der Waals surface area contributed by atoms with Crippen LogP contribution in [0, 0.1) is 6.92 Å². The molecule has 0 unspecified atom stereocenters. The van der Waals surface area contributed by atoms with Gasteiger partial charge < -0.3 is 20.7 Å². The number of hydrogen-bond acceptors (Lipinski definition) is 4. The number of fused-ring (bicyclic) bond motifs is 1. The number of rotatable bonds is 1. The van der Waals surface area contributed by atoms with E-state index in [1.54, 1.807) is 6.07 Å². The average Bonchev–Trinajstić information content (AvgIpc) is 2.51. The maximum absolute atomic E-state index is 9.88. The molecule has 3 rings (SSSR count). The molecule has 1 atom stereocenters. The van der Waals surface area contributed by atoms with Gasteiger partial charge in [0, 0.05) is 13.0 Å². The molecular weight excluding hydrogens is 266 g/mol. The highest BCUT2D eigenvalue weighted by Gasteiger charge is 2.31. The fourth-order valence-electron chi connectivity index (χ4n) is 2.10. The number of para-hydroxylation sites is 2. The van der Waals surface area contributed by atoms with Crippen molar-refractivity contribution >= 4 is 0 Å². The Kier molecular flexibility index (Phi) is 4.83. The summed E-state index contributed by atoms with van der Waals surface area (Å²) in [5, 5.41) is 18.8. The Bertz CT molecular complexity index is 579. The molecule has 0 saturated heterocycles. The zero-order valence-electron chi connectivity index (χ0n) is 12.1. The molecule has 21 heavy (non-hydrogen) atoms. The van der Waals surface area contributed by atoms with E-state index in [2.05, 4.69) is 0 Å². The van der Waals surface area contributed by atoms with Crippen molar-refractivity contribution in [2.45, 2.75) is 18.9 Å². The molecule has 0 aliphatic carbocycles. The van der Waals surface area contributed by atoms with Gasteiger partial charge in [0.15, 0.2) is 0 Å². The second kappa shape index (κ2) is 6.61. The quantitative estimate of drug-likeness (QED) is 0.750. The molecule has 4 heteroatoms. The summed E-state index contributed by atoms with van der Waals surface area (Å²) in [5.41, 5.74) is 6.54. The molecular formula is C17H21NO3. The van der Waals surface area contributed by atoms with Crippen LogP contribution in [0.25, 0.3) is 0 Å². The van der Waals surface area contributed by atoms with Crippen LogP contribution in [0.3, 0.4) is 0 Å². The van der Waals surface area contributed by atoms with Gasteiger partial charge in [-0.3, -0.25) is 0 Å². The molecule has 0 fully saturated rings. The van der Waals surface area contributed by atoms with Gasteiger partial charge in [-0.2, -0.15) is 0 Å². The largest absolute Gasteiger partial charge is 0.508 e. The summed E-state index contributed by atoms with van der Waals surface area (Å²) in [5.74, 6) is 1.23. The lowest BCUT2D eigenvalue weighted by molar-refractivity contribution is -0.00898. The molecule has 1 aliphatic rings. The Morgan fingerprint density at radius 3 is 2.43 bits per heavy atom. The number of phenolic OH excluding ortho intramolecular Hbond substituents is 1. The smallest absolute Gasteiger partial charge is 0.122 e. The zero-order chi connectivity index (χ0) is 15.3. The lowest BCUT2D eigenvalue weighted by atomic mass is 9.92. The molecule has 0 spiro atoms. The van der Waals surface area contributed by atoms with Crippen LogP contribution < -0.4 is 10.5 Å². The highest BCUT2D eigenvalue weighted by Crippen LogP contribution is 2.28. The molecule has 2 aromatic rings. The van der Waals surface area contributed by atoms with Crippen LogP contribution in [-0.4, -0.2) is 29.0 Å². The number of phenols is 1. The van der Waals surface area contributed by atoms with E-state index in [0.717, 1.165) is 16.9 Å². The molecule has 0 aromatic heterocycles. The number of benzene rings is 2. The minimum absolute atomic E-state index is 0.237. The summed E-state index contributed by atoms with van der Waals surface area (Å²) in [6.07, 6.45) is 0.583. The van der Waals surface area contributed by atoms with Crippen molar-refractivity contribution in [2.75, 3.05) is 13.2 Å². The number of nitrogens with two attached hydrogens (primary N) is 1. The van der Waals surface area contributed by atoms with E-state index in [4.69, 9.17) is 15.6 Å². The lowest BCUT2D eigenvalue weighted by Gasteiger charge is -2.32. The molecule has 1 aliphatic heterocycles. The summed E-state index contributed by atoms with van der Waals surface area (Å²) in [6, 6.07) is 15.0. The predicted molar refractivity (Wildman–Crippen MR) is 82.5 cm³/mol. The summed E-state index contributed by atoms with van der Waals surface area (Å²) in [7, 11) is 0. The van der Waals surface area contributed by atoms with Gasteiger partial charge in [0.05, 0.1) is 0 Å². The molecule has 0 bridgehead atoms. The van der Waals surface area contributed by atoms with Crippen molar-refractivity contribution in [3.8, 4) is 11.5 Å². The standard InChI is InChI=1S/C10H13NO2.C7H8O/c11-6-10(12)5-8-3-1-2-4-9(8)13-7-10;1-6-4-2-3-5-7(6)8/h1-4,12H,5-7,11H2;2-5,8H,1H3/t10-;/m0./s1. The van der Waals surface area contributed by atoms with Gasteiger partial charge in [-0.05, 0) is 30.2 Å². The Morgan fingerprint density at radius 1 is 1.14 bits per heavy atom. The number of ether oxygens (including phenoxy) is 1. The topological polar surface area (TPSA) is 75.7 Å². The summed E-state index contributed by atoms with van der Waals surface area (Å²) >= 11 is 0. The first-order valence-electron chi connectivity index (χ1n) is 6.92. The Morgan fingerprint density at radius 2 is 1.81 bits per heavy atom. The Labute approximate surface area is 124 Å². The average molecular weight is 287 g/mol. The summed E-state index contributed by atoms with van der Waals surface area (Å²) in [4.78, 5) is 0. The normalized spacial score (nSPS) is 19.8.